The zero-order valence-corrected chi connectivity index (χ0v) is 34.5. The molecule has 1 aliphatic carbocycles. The maximum Gasteiger partial charge on any atom is 0.405 e. The van der Waals surface area contributed by atoms with Crippen LogP contribution in [0.2, 0.25) is 0 Å². The monoisotopic (exact) mass is 819 g/mol. The zero-order valence-electron chi connectivity index (χ0n) is 34.5. The van der Waals surface area contributed by atoms with Gasteiger partial charge in [0.05, 0.1) is 28.5 Å². The normalized spacial score (nSPS) is 25.9. The highest BCUT2D eigenvalue weighted by atomic mass is 16.6. The Morgan fingerprint density at radius 2 is 1.78 bits per heavy atom. The number of unbranched alkanes of at least 4 members (excludes halogenated alkanes) is 3. The number of ketones is 2. The third kappa shape index (κ3) is 14.9. The molecule has 320 valence electrons. The van der Waals surface area contributed by atoms with Gasteiger partial charge in [-0.1, -0.05) is 63.1 Å². The van der Waals surface area contributed by atoms with Crippen LogP contribution in [0.1, 0.15) is 71.8 Å². The minimum atomic E-state index is -1.02. The number of benzene rings is 1. The fraction of sp³-hybridized carbons (Fsp3) is 0.465. The molecule has 6 N–H and O–H groups in total. The van der Waals surface area contributed by atoms with E-state index < -0.39 is 58.8 Å². The fourth-order valence-electron chi connectivity index (χ4n) is 6.78. The molecule has 0 unspecified atom stereocenters. The van der Waals surface area contributed by atoms with Gasteiger partial charge in [-0.05, 0) is 62.7 Å². The number of hydrogen-bond acceptors (Lipinski definition) is 12. The Morgan fingerprint density at radius 3 is 2.44 bits per heavy atom. The van der Waals surface area contributed by atoms with E-state index in [4.69, 9.17) is 19.9 Å². The molecule has 0 aromatic heterocycles. The van der Waals surface area contributed by atoms with E-state index in [0.717, 1.165) is 18.9 Å². The third-order valence-electron chi connectivity index (χ3n) is 10.0. The highest BCUT2D eigenvalue weighted by Crippen LogP contribution is 2.29. The standard InChI is InChI=1S/C43H57N5O11/c1-26-21-32-38(46-20-10-8-7-9-19-45-37(50)18-17-30-14-12-15-31(24-30)48(55)56)34(49)25-33(40(32)52)47-42(53)27(2)13-11-16-35(57-5)41(59-43(44)54)29(4)23-28(3)39(51)36(22-26)58-6/h11-18,23-26,28,35-36,39,41,46,51H,7-10,19-22H2,1-6H3,(H2,44,54)(H,45,50)(H,47,53)/b16-11-,18-17+,27-13+,29-23+/t26-,28+,35+,36+,39-,41+/m1/s1. The number of allylic oxidation sites excluding steroid dienone is 4. The molecule has 59 heavy (non-hydrogen) atoms. The second kappa shape index (κ2) is 23.6. The maximum absolute atomic E-state index is 14.0. The molecule has 2 bridgehead atoms. The second-order valence-electron chi connectivity index (χ2n) is 14.7. The first-order chi connectivity index (χ1) is 28.1. The van der Waals surface area contributed by atoms with Crippen molar-refractivity contribution in [3.8, 4) is 0 Å². The Bertz CT molecular complexity index is 1900. The van der Waals surface area contributed by atoms with E-state index in [-0.39, 0.29) is 46.5 Å². The van der Waals surface area contributed by atoms with Crippen molar-refractivity contribution in [2.45, 2.75) is 90.6 Å². The number of Topliss-reactive ketones (excluding diaryl/α,β-unsaturated/α-hetero) is 1. The van der Waals surface area contributed by atoms with E-state index in [0.29, 0.717) is 43.5 Å². The largest absolute Gasteiger partial charge is 0.439 e. The lowest BCUT2D eigenvalue weighted by atomic mass is 9.85. The summed E-state index contributed by atoms with van der Waals surface area (Å²) in [6.45, 7) is 7.76. The number of aliphatic hydroxyl groups excluding tert-OH is 1. The van der Waals surface area contributed by atoms with Gasteiger partial charge in [0.15, 0.2) is 6.10 Å². The predicted molar refractivity (Wildman–Crippen MR) is 221 cm³/mol. The summed E-state index contributed by atoms with van der Waals surface area (Å²) in [5.41, 5.74) is 6.84. The van der Waals surface area contributed by atoms with Gasteiger partial charge in [-0.25, -0.2) is 4.79 Å². The minimum absolute atomic E-state index is 0.0606. The molecule has 1 heterocycles. The quantitative estimate of drug-likeness (QED) is 0.0431. The number of carbonyl (C=O) groups excluding carboxylic acids is 5. The molecular formula is C43H57N5O11. The van der Waals surface area contributed by atoms with Gasteiger partial charge in [0.25, 0.3) is 11.6 Å². The number of primary amides is 1. The average Bonchev–Trinajstić information content (AvgIpc) is 3.19. The van der Waals surface area contributed by atoms with Crippen LogP contribution in [0.15, 0.2) is 88.8 Å². The second-order valence-corrected chi connectivity index (χ2v) is 14.7. The molecule has 2 aliphatic rings. The number of amides is 3. The number of nitro groups is 1. The summed E-state index contributed by atoms with van der Waals surface area (Å²) in [5, 5.41) is 30.9. The average molecular weight is 820 g/mol. The summed E-state index contributed by atoms with van der Waals surface area (Å²) < 4.78 is 16.7. The molecule has 0 spiro atoms. The summed E-state index contributed by atoms with van der Waals surface area (Å²) in [5.74, 6) is -2.64. The van der Waals surface area contributed by atoms with Crippen LogP contribution < -0.4 is 21.7 Å². The summed E-state index contributed by atoms with van der Waals surface area (Å²) in [6, 6.07) is 5.97. The number of nitro benzene ring substituents is 1. The van der Waals surface area contributed by atoms with E-state index in [2.05, 4.69) is 16.0 Å². The van der Waals surface area contributed by atoms with Gasteiger partial charge >= 0.3 is 6.09 Å². The van der Waals surface area contributed by atoms with Crippen molar-refractivity contribution >= 4 is 41.2 Å². The number of methoxy groups -OCH3 is 2. The first kappa shape index (κ1) is 47.7. The Hall–Kier alpha value is -5.71. The number of rotatable bonds is 14. The molecule has 1 aromatic rings. The van der Waals surface area contributed by atoms with Crippen LogP contribution in [0.25, 0.3) is 6.08 Å². The van der Waals surface area contributed by atoms with Crippen molar-refractivity contribution in [2.24, 2.45) is 17.6 Å². The van der Waals surface area contributed by atoms with Crippen LogP contribution in [0.4, 0.5) is 10.5 Å². The Labute approximate surface area is 344 Å². The molecule has 0 radical (unpaired) electrons. The van der Waals surface area contributed by atoms with Crippen LogP contribution in [0.5, 0.6) is 0 Å². The zero-order chi connectivity index (χ0) is 43.6. The van der Waals surface area contributed by atoms with Crippen molar-refractivity contribution in [1.29, 1.82) is 0 Å². The lowest BCUT2D eigenvalue weighted by Crippen LogP contribution is -2.38. The van der Waals surface area contributed by atoms with Crippen molar-refractivity contribution < 1.29 is 48.2 Å². The molecule has 6 atom stereocenters. The van der Waals surface area contributed by atoms with Crippen LogP contribution >= 0.6 is 0 Å². The number of hydrogen-bond donors (Lipinski definition) is 5. The number of nitrogens with zero attached hydrogens (tertiary/aromatic N) is 1. The molecular weight excluding hydrogens is 762 g/mol. The van der Waals surface area contributed by atoms with Crippen LogP contribution in [0.3, 0.4) is 0 Å². The summed E-state index contributed by atoms with van der Waals surface area (Å²) in [4.78, 5) is 75.3. The van der Waals surface area contributed by atoms with Gasteiger partial charge in [0.1, 0.15) is 6.10 Å². The van der Waals surface area contributed by atoms with E-state index in [1.165, 1.54) is 57.6 Å². The van der Waals surface area contributed by atoms with Gasteiger partial charge in [0, 0.05) is 68.7 Å². The molecule has 1 aromatic carbocycles. The van der Waals surface area contributed by atoms with Crippen molar-refractivity contribution in [1.82, 2.24) is 16.0 Å². The van der Waals surface area contributed by atoms with Gasteiger partial charge < -0.3 is 41.0 Å². The van der Waals surface area contributed by atoms with Crippen LogP contribution in [0, 0.1) is 22.0 Å². The van der Waals surface area contributed by atoms with E-state index >= 15 is 0 Å². The summed E-state index contributed by atoms with van der Waals surface area (Å²) in [6.07, 6.45) is 9.21. The molecule has 1 aliphatic heterocycles. The topological polar surface area (TPSA) is 239 Å². The first-order valence-electron chi connectivity index (χ1n) is 19.6. The smallest absolute Gasteiger partial charge is 0.405 e. The lowest BCUT2D eigenvalue weighted by molar-refractivity contribution is -0.384. The van der Waals surface area contributed by atoms with Crippen molar-refractivity contribution in [2.75, 3.05) is 27.3 Å². The Balaban J connectivity index is 1.73. The number of fused-ring (bicyclic) bond motifs is 2. The summed E-state index contributed by atoms with van der Waals surface area (Å²) in [7, 11) is 2.90. The highest BCUT2D eigenvalue weighted by Gasteiger charge is 2.33. The molecule has 0 saturated carbocycles. The number of non-ortho nitro benzene ring substituents is 1. The number of nitrogens with two attached hydrogens (primary N) is 1. The number of nitrogens with one attached hydrogen (secondary N) is 3. The SMILES string of the molecule is CO[C@H]1/C=C\C=C(/C)C(=O)NC2=CC(=O)C(NCCCCCCNC(=O)/C=C/c3cccc([N+](=O)[O-])c3)=C(C[C@@H](C)C[C@H](OC)[C@H](O)[C@@H](C)/C=C(\C)[C@@H]1OC(N)=O)C2=O. The predicted octanol–water partition coefficient (Wildman–Crippen LogP) is 4.65. The van der Waals surface area contributed by atoms with Crippen LogP contribution in [-0.4, -0.2) is 91.2 Å². The Morgan fingerprint density at radius 1 is 1.07 bits per heavy atom. The maximum atomic E-state index is 14.0. The number of ether oxygens (including phenoxy) is 3. The molecule has 3 rings (SSSR count). The third-order valence-corrected chi connectivity index (χ3v) is 10.0. The van der Waals surface area contributed by atoms with Gasteiger partial charge in [-0.2, -0.15) is 0 Å². The number of aliphatic hydroxyl groups is 1. The number of carbonyl (C=O) groups is 5. The summed E-state index contributed by atoms with van der Waals surface area (Å²) >= 11 is 0. The molecule has 0 fully saturated rings. The molecule has 3 amide bonds. The minimum Gasteiger partial charge on any atom is -0.439 e. The van der Waals surface area contributed by atoms with Crippen molar-refractivity contribution in [3.05, 3.63) is 105 Å². The van der Waals surface area contributed by atoms with E-state index in [1.807, 2.05) is 6.92 Å². The fourth-order valence-corrected chi connectivity index (χ4v) is 6.78. The van der Waals surface area contributed by atoms with Crippen molar-refractivity contribution in [3.63, 3.8) is 0 Å². The van der Waals surface area contributed by atoms with Gasteiger partial charge in [0.2, 0.25) is 17.5 Å². The van der Waals surface area contributed by atoms with E-state index in [9.17, 15) is 39.2 Å². The lowest BCUT2D eigenvalue weighted by Gasteiger charge is -2.30. The van der Waals surface area contributed by atoms with Gasteiger partial charge in [-0.3, -0.25) is 29.3 Å². The highest BCUT2D eigenvalue weighted by molar-refractivity contribution is 6.23. The van der Waals surface area contributed by atoms with E-state index in [1.54, 1.807) is 38.1 Å². The Kier molecular flexibility index (Phi) is 19.1. The first-order valence-corrected chi connectivity index (χ1v) is 19.6. The molecule has 16 heteroatoms. The van der Waals surface area contributed by atoms with Crippen LogP contribution in [-0.2, 0) is 33.4 Å². The molecule has 16 nitrogen and oxygen atoms in total. The van der Waals surface area contributed by atoms with Gasteiger partial charge in [-0.15, -0.1) is 0 Å². The molecule has 0 saturated heterocycles.